The normalized spacial score (nSPS) is 30.3. The zero-order valence-corrected chi connectivity index (χ0v) is 22.2. The molecule has 0 fully saturated rings. The molecule has 0 aliphatic carbocycles. The smallest absolute Gasteiger partial charge is 0.309 e. The number of aromatic nitrogens is 1. The van der Waals surface area contributed by atoms with Crippen LogP contribution in [0.25, 0.3) is 10.2 Å². The van der Waals surface area contributed by atoms with Gasteiger partial charge in [0.15, 0.2) is 0 Å². The van der Waals surface area contributed by atoms with E-state index in [-0.39, 0.29) is 37.8 Å². The number of ether oxygens (including phenoxy) is 2. The molecule has 1 aromatic carbocycles. The topological polar surface area (TPSA) is 130 Å². The lowest BCUT2D eigenvalue weighted by molar-refractivity contribution is -0.156. The Morgan fingerprint density at radius 1 is 1.22 bits per heavy atom. The number of cyclic esters (lactones) is 1. The van der Waals surface area contributed by atoms with E-state index in [1.165, 1.54) is 0 Å². The highest BCUT2D eigenvalue weighted by Crippen LogP contribution is 2.33. The largest absolute Gasteiger partial charge is 0.457 e. The van der Waals surface area contributed by atoms with Crippen molar-refractivity contribution in [2.75, 3.05) is 13.2 Å². The van der Waals surface area contributed by atoms with E-state index in [1.807, 2.05) is 25.1 Å². The van der Waals surface area contributed by atoms with Crippen molar-refractivity contribution in [2.24, 2.45) is 17.3 Å². The van der Waals surface area contributed by atoms with Crippen molar-refractivity contribution in [3.8, 4) is 6.07 Å². The number of thiazole rings is 1. The molecule has 2 aromatic rings. The zero-order valence-electron chi connectivity index (χ0n) is 21.4. The highest BCUT2D eigenvalue weighted by molar-refractivity contribution is 7.18. The highest BCUT2D eigenvalue weighted by atomic mass is 32.1. The summed E-state index contributed by atoms with van der Waals surface area (Å²) in [4.78, 5) is 30.6. The maximum atomic E-state index is 13.2. The van der Waals surface area contributed by atoms with E-state index in [9.17, 15) is 25.1 Å². The molecule has 0 radical (unpaired) electrons. The lowest BCUT2D eigenvalue weighted by Crippen LogP contribution is -2.46. The van der Waals surface area contributed by atoms with E-state index in [2.05, 4.69) is 11.1 Å². The van der Waals surface area contributed by atoms with Crippen LogP contribution in [-0.4, -0.2) is 52.4 Å². The van der Waals surface area contributed by atoms with Crippen LogP contribution in [0.15, 0.2) is 29.8 Å². The first-order chi connectivity index (χ1) is 16.9. The molecule has 36 heavy (non-hydrogen) atoms. The van der Waals surface area contributed by atoms with Crippen LogP contribution in [0.2, 0.25) is 0 Å². The van der Waals surface area contributed by atoms with Gasteiger partial charge in [0.1, 0.15) is 11.9 Å². The molecule has 0 spiro atoms. The van der Waals surface area contributed by atoms with Crippen molar-refractivity contribution in [2.45, 2.75) is 65.8 Å². The SMILES string of the molecule is Cc1nc2cc([C@@H]3C/C=C(/C#N)COC[C@H](C)[C@H](O)[C@@H](C)C(=O)C(C)(C)[C@@H](O)CC(=O)O3)ccc2s1. The van der Waals surface area contributed by atoms with E-state index >= 15 is 0 Å². The van der Waals surface area contributed by atoms with Crippen LogP contribution in [0.5, 0.6) is 0 Å². The van der Waals surface area contributed by atoms with Gasteiger partial charge >= 0.3 is 5.97 Å². The Labute approximate surface area is 215 Å². The molecular weight excluding hydrogens is 480 g/mol. The van der Waals surface area contributed by atoms with E-state index < -0.39 is 35.6 Å². The number of carbonyl (C=O) groups excluding carboxylic acids is 2. The van der Waals surface area contributed by atoms with Gasteiger partial charge in [-0.1, -0.05) is 39.8 Å². The minimum atomic E-state index is -1.30. The molecule has 194 valence electrons. The van der Waals surface area contributed by atoms with E-state index in [0.717, 1.165) is 15.2 Å². The molecule has 3 rings (SSSR count). The Hall–Kier alpha value is -2.64. The number of aliphatic hydroxyl groups excluding tert-OH is 2. The molecule has 0 bridgehead atoms. The standard InChI is InChI=1S/C27H34N2O6S/c1-15-13-34-14-18(12-28)6-8-21(19-7-9-22-20(10-19)29-17(3)36-22)35-24(31)11-23(30)27(4,5)26(33)16(2)25(15)32/h6-7,9-10,15-16,21,23,25,30,32H,8,11,13-14H2,1-5H3/b18-6-/t15-,16+,21-,23-,25-/m0/s1. The van der Waals surface area contributed by atoms with E-state index in [0.29, 0.717) is 11.1 Å². The summed E-state index contributed by atoms with van der Waals surface area (Å²) in [6.45, 7) is 8.61. The molecule has 0 amide bonds. The number of ketones is 1. The van der Waals surface area contributed by atoms with E-state index in [4.69, 9.17) is 9.47 Å². The minimum absolute atomic E-state index is 0.0328. The molecular formula is C27H34N2O6S. The van der Waals surface area contributed by atoms with Crippen molar-refractivity contribution >= 4 is 33.3 Å². The van der Waals surface area contributed by atoms with Crippen molar-refractivity contribution < 1.29 is 29.3 Å². The van der Waals surface area contributed by atoms with Gasteiger partial charge in [0.2, 0.25) is 0 Å². The van der Waals surface area contributed by atoms with Crippen LogP contribution in [0.3, 0.4) is 0 Å². The quantitative estimate of drug-likeness (QED) is 0.546. The average Bonchev–Trinajstić information content (AvgIpc) is 3.22. The molecule has 1 aliphatic rings. The first-order valence-electron chi connectivity index (χ1n) is 12.1. The second-order valence-electron chi connectivity index (χ2n) is 10.1. The fraction of sp³-hybridized carbons (Fsp3) is 0.556. The van der Waals surface area contributed by atoms with Crippen LogP contribution in [-0.2, 0) is 19.1 Å². The average molecular weight is 515 g/mol. The predicted molar refractivity (Wildman–Crippen MR) is 136 cm³/mol. The summed E-state index contributed by atoms with van der Waals surface area (Å²) < 4.78 is 12.5. The molecule has 0 saturated carbocycles. The summed E-state index contributed by atoms with van der Waals surface area (Å²) in [5.41, 5.74) is 0.587. The number of hydrogen-bond acceptors (Lipinski definition) is 9. The summed E-state index contributed by atoms with van der Waals surface area (Å²) in [7, 11) is 0. The summed E-state index contributed by atoms with van der Waals surface area (Å²) in [5, 5.41) is 32.0. The Morgan fingerprint density at radius 2 is 1.94 bits per heavy atom. The zero-order chi connectivity index (χ0) is 26.6. The Balaban J connectivity index is 1.95. The number of esters is 1. The van der Waals surface area contributed by atoms with Gasteiger partial charge in [-0.25, -0.2) is 4.98 Å². The number of nitrogens with zero attached hydrogens (tertiary/aromatic N) is 2. The molecule has 1 aromatic heterocycles. The molecule has 8 nitrogen and oxygen atoms in total. The first-order valence-corrected chi connectivity index (χ1v) is 12.9. The molecule has 9 heteroatoms. The molecule has 0 saturated heterocycles. The maximum Gasteiger partial charge on any atom is 0.309 e. The van der Waals surface area contributed by atoms with E-state index in [1.54, 1.807) is 45.1 Å². The predicted octanol–water partition coefficient (Wildman–Crippen LogP) is 4.04. The number of fused-ring (bicyclic) bond motifs is 1. The van der Waals surface area contributed by atoms with Gasteiger partial charge in [-0.05, 0) is 24.6 Å². The number of rotatable bonds is 1. The lowest BCUT2D eigenvalue weighted by Gasteiger charge is -2.34. The summed E-state index contributed by atoms with van der Waals surface area (Å²) in [6.07, 6.45) is -1.52. The second-order valence-corrected chi connectivity index (χ2v) is 11.3. The van der Waals surface area contributed by atoms with Gasteiger partial charge in [-0.3, -0.25) is 9.59 Å². The Kier molecular flexibility index (Phi) is 9.01. The number of carbonyl (C=O) groups is 2. The Bertz CT molecular complexity index is 1180. The summed E-state index contributed by atoms with van der Waals surface area (Å²) >= 11 is 1.57. The second kappa shape index (κ2) is 11.6. The van der Waals surface area contributed by atoms with Gasteiger partial charge < -0.3 is 19.7 Å². The number of Topliss-reactive ketones (excluding diaryl/α,β-unsaturated/α-hetero) is 1. The number of nitriles is 1. The van der Waals surface area contributed by atoms with Crippen LogP contribution in [0.1, 0.15) is 57.2 Å². The third-order valence-corrected chi connectivity index (χ3v) is 7.81. The highest BCUT2D eigenvalue weighted by Gasteiger charge is 2.42. The van der Waals surface area contributed by atoms with Crippen molar-refractivity contribution in [3.05, 3.63) is 40.4 Å². The fourth-order valence-electron chi connectivity index (χ4n) is 4.37. The van der Waals surface area contributed by atoms with Gasteiger partial charge in [0.25, 0.3) is 0 Å². The molecule has 0 unspecified atom stereocenters. The van der Waals surface area contributed by atoms with Crippen molar-refractivity contribution in [3.63, 3.8) is 0 Å². The fourth-order valence-corrected chi connectivity index (χ4v) is 5.18. The number of hydrogen-bond donors (Lipinski definition) is 2. The van der Waals surface area contributed by atoms with Gasteiger partial charge in [-0.2, -0.15) is 5.26 Å². The number of aliphatic hydroxyl groups is 2. The van der Waals surface area contributed by atoms with Crippen molar-refractivity contribution in [1.29, 1.82) is 5.26 Å². The first kappa shape index (κ1) is 27.9. The maximum absolute atomic E-state index is 13.2. The van der Waals surface area contributed by atoms with Crippen LogP contribution < -0.4 is 0 Å². The van der Waals surface area contributed by atoms with Gasteiger partial charge in [-0.15, -0.1) is 11.3 Å². The van der Waals surface area contributed by atoms with Gasteiger partial charge in [0.05, 0.1) is 64.1 Å². The van der Waals surface area contributed by atoms with Crippen LogP contribution in [0, 0.1) is 35.5 Å². The van der Waals surface area contributed by atoms with Crippen molar-refractivity contribution in [1.82, 2.24) is 4.98 Å². The summed E-state index contributed by atoms with van der Waals surface area (Å²) in [6, 6.07) is 7.76. The third-order valence-electron chi connectivity index (χ3n) is 6.86. The molecule has 5 atom stereocenters. The summed E-state index contributed by atoms with van der Waals surface area (Å²) in [5.74, 6) is -2.19. The number of benzene rings is 1. The van der Waals surface area contributed by atoms with Gasteiger partial charge in [0, 0.05) is 18.3 Å². The van der Waals surface area contributed by atoms with Crippen LogP contribution >= 0.6 is 11.3 Å². The minimum Gasteiger partial charge on any atom is -0.457 e. The molecule has 2 heterocycles. The third kappa shape index (κ3) is 6.37. The number of aryl methyl sites for hydroxylation is 1. The van der Waals surface area contributed by atoms with Crippen LogP contribution in [0.4, 0.5) is 0 Å². The molecule has 1 aliphatic heterocycles. The monoisotopic (exact) mass is 514 g/mol. The molecule has 2 N–H and O–H groups in total. The Morgan fingerprint density at radius 3 is 2.64 bits per heavy atom. The lowest BCUT2D eigenvalue weighted by atomic mass is 9.73.